The number of carboxylic acid groups (broad SMARTS) is 1. The first-order valence-corrected chi connectivity index (χ1v) is 5.95. The van der Waals surface area contributed by atoms with Gasteiger partial charge in [-0.15, -0.1) is 0 Å². The molecule has 0 spiro atoms. The van der Waals surface area contributed by atoms with E-state index in [0.717, 1.165) is 0 Å². The van der Waals surface area contributed by atoms with Gasteiger partial charge in [-0.1, -0.05) is 6.92 Å². The van der Waals surface area contributed by atoms with Crippen LogP contribution >= 0.6 is 0 Å². The number of carbonyl (C=O) groups excluding carboxylic acids is 1. The van der Waals surface area contributed by atoms with Crippen molar-refractivity contribution in [1.29, 1.82) is 0 Å². The van der Waals surface area contributed by atoms with Crippen LogP contribution in [0.5, 0.6) is 0 Å². The molecule has 0 aliphatic carbocycles. The molecule has 5 heteroatoms. The van der Waals surface area contributed by atoms with Gasteiger partial charge in [0.05, 0.1) is 12.5 Å². The maximum absolute atomic E-state index is 11.9. The lowest BCUT2D eigenvalue weighted by molar-refractivity contribution is -0.138. The minimum absolute atomic E-state index is 0.0565. The summed E-state index contributed by atoms with van der Waals surface area (Å²) in [4.78, 5) is 24.3. The SMILES string of the molecule is CCN(CCC(=O)O)C(C)C(=O)NC(C)(C)C. The van der Waals surface area contributed by atoms with Crippen LogP contribution in [0.4, 0.5) is 0 Å². The molecule has 100 valence electrons. The fourth-order valence-electron chi connectivity index (χ4n) is 1.50. The summed E-state index contributed by atoms with van der Waals surface area (Å²) in [5.74, 6) is -0.906. The standard InChI is InChI=1S/C12H24N2O3/c1-6-14(8-7-10(15)16)9(2)11(17)13-12(3,4)5/h9H,6-8H2,1-5H3,(H,13,17)(H,15,16). The Morgan fingerprint density at radius 3 is 2.24 bits per heavy atom. The Labute approximate surface area is 103 Å². The van der Waals surface area contributed by atoms with Crippen molar-refractivity contribution in [3.63, 3.8) is 0 Å². The number of aliphatic carboxylic acids is 1. The van der Waals surface area contributed by atoms with Crippen LogP contribution < -0.4 is 5.32 Å². The third kappa shape index (κ3) is 6.94. The van der Waals surface area contributed by atoms with Crippen molar-refractivity contribution in [3.8, 4) is 0 Å². The zero-order valence-corrected chi connectivity index (χ0v) is 11.4. The highest BCUT2D eigenvalue weighted by atomic mass is 16.4. The second kappa shape index (κ2) is 6.59. The second-order valence-electron chi connectivity index (χ2n) is 5.19. The summed E-state index contributed by atoms with van der Waals surface area (Å²) in [6, 6.07) is -0.307. The molecule has 17 heavy (non-hydrogen) atoms. The topological polar surface area (TPSA) is 69.6 Å². The van der Waals surface area contributed by atoms with E-state index in [0.29, 0.717) is 13.1 Å². The lowest BCUT2D eigenvalue weighted by atomic mass is 10.1. The van der Waals surface area contributed by atoms with Gasteiger partial charge in [0, 0.05) is 12.1 Å². The summed E-state index contributed by atoms with van der Waals surface area (Å²) >= 11 is 0. The minimum Gasteiger partial charge on any atom is -0.481 e. The average molecular weight is 244 g/mol. The summed E-state index contributed by atoms with van der Waals surface area (Å²) in [5.41, 5.74) is -0.266. The van der Waals surface area contributed by atoms with Crippen LogP contribution in [0.1, 0.15) is 41.0 Å². The zero-order valence-electron chi connectivity index (χ0n) is 11.4. The van der Waals surface area contributed by atoms with Gasteiger partial charge in [0.2, 0.25) is 5.91 Å². The molecule has 0 aromatic carbocycles. The van der Waals surface area contributed by atoms with Gasteiger partial charge >= 0.3 is 5.97 Å². The smallest absolute Gasteiger partial charge is 0.304 e. The minimum atomic E-state index is -0.841. The fourth-order valence-corrected chi connectivity index (χ4v) is 1.50. The molecule has 0 bridgehead atoms. The van der Waals surface area contributed by atoms with Crippen molar-refractivity contribution in [2.45, 2.75) is 52.6 Å². The van der Waals surface area contributed by atoms with Crippen LogP contribution in [0.2, 0.25) is 0 Å². The molecule has 0 radical (unpaired) electrons. The first-order chi connectivity index (χ1) is 7.67. The molecule has 1 unspecified atom stereocenters. The third-order valence-corrected chi connectivity index (χ3v) is 2.44. The Balaban J connectivity index is 4.37. The number of nitrogens with zero attached hydrogens (tertiary/aromatic N) is 1. The molecule has 2 N–H and O–H groups in total. The highest BCUT2D eigenvalue weighted by Gasteiger charge is 2.23. The van der Waals surface area contributed by atoms with E-state index in [-0.39, 0.29) is 23.9 Å². The molecule has 0 aromatic rings. The molecule has 1 atom stereocenters. The Kier molecular flexibility index (Phi) is 6.16. The number of rotatable bonds is 6. The molecule has 0 aliphatic heterocycles. The quantitative estimate of drug-likeness (QED) is 0.733. The van der Waals surface area contributed by atoms with Gasteiger partial charge in [-0.3, -0.25) is 14.5 Å². The van der Waals surface area contributed by atoms with E-state index in [2.05, 4.69) is 5.32 Å². The molecule has 0 fully saturated rings. The lowest BCUT2D eigenvalue weighted by Crippen LogP contribution is -2.51. The number of carbonyl (C=O) groups is 2. The van der Waals surface area contributed by atoms with E-state index in [1.54, 1.807) is 6.92 Å². The monoisotopic (exact) mass is 244 g/mol. The van der Waals surface area contributed by atoms with Gasteiger partial charge < -0.3 is 10.4 Å². The fraction of sp³-hybridized carbons (Fsp3) is 0.833. The van der Waals surface area contributed by atoms with Crippen molar-refractivity contribution in [2.75, 3.05) is 13.1 Å². The predicted molar refractivity (Wildman–Crippen MR) is 66.9 cm³/mol. The normalized spacial score (nSPS) is 13.5. The van der Waals surface area contributed by atoms with E-state index < -0.39 is 5.97 Å². The lowest BCUT2D eigenvalue weighted by Gasteiger charge is -2.29. The summed E-state index contributed by atoms with van der Waals surface area (Å²) in [6.07, 6.45) is 0.0565. The van der Waals surface area contributed by atoms with Crippen LogP contribution in [-0.4, -0.2) is 46.6 Å². The van der Waals surface area contributed by atoms with Gasteiger partial charge in [0.25, 0.3) is 0 Å². The summed E-state index contributed by atoms with van der Waals surface area (Å²) in [7, 11) is 0. The molecule has 1 amide bonds. The average Bonchev–Trinajstić information content (AvgIpc) is 2.15. The molecule has 0 saturated carbocycles. The van der Waals surface area contributed by atoms with Gasteiger partial charge in [-0.25, -0.2) is 0 Å². The van der Waals surface area contributed by atoms with Gasteiger partial charge in [0.1, 0.15) is 0 Å². The van der Waals surface area contributed by atoms with Crippen molar-refractivity contribution < 1.29 is 14.7 Å². The van der Waals surface area contributed by atoms with Crippen molar-refractivity contribution >= 4 is 11.9 Å². The number of amides is 1. The van der Waals surface area contributed by atoms with E-state index >= 15 is 0 Å². The van der Waals surface area contributed by atoms with Crippen molar-refractivity contribution in [3.05, 3.63) is 0 Å². The van der Waals surface area contributed by atoms with Crippen molar-refractivity contribution in [2.24, 2.45) is 0 Å². The van der Waals surface area contributed by atoms with Crippen molar-refractivity contribution in [1.82, 2.24) is 10.2 Å². The third-order valence-electron chi connectivity index (χ3n) is 2.44. The molecule has 5 nitrogen and oxygen atoms in total. The van der Waals surface area contributed by atoms with Gasteiger partial charge in [-0.05, 0) is 34.2 Å². The molecular formula is C12H24N2O3. The summed E-state index contributed by atoms with van der Waals surface area (Å²) in [5, 5.41) is 11.5. The first-order valence-electron chi connectivity index (χ1n) is 5.95. The van der Waals surface area contributed by atoms with Crippen LogP contribution in [0.3, 0.4) is 0 Å². The van der Waals surface area contributed by atoms with Crippen LogP contribution in [0.15, 0.2) is 0 Å². The number of likely N-dealkylation sites (N-methyl/N-ethyl adjacent to an activating group) is 1. The van der Waals surface area contributed by atoms with Crippen LogP contribution in [0, 0.1) is 0 Å². The number of nitrogens with one attached hydrogen (secondary N) is 1. The Morgan fingerprint density at radius 2 is 1.88 bits per heavy atom. The van der Waals surface area contributed by atoms with Crippen LogP contribution in [-0.2, 0) is 9.59 Å². The maximum atomic E-state index is 11.9. The Hall–Kier alpha value is -1.10. The highest BCUT2D eigenvalue weighted by Crippen LogP contribution is 2.05. The summed E-state index contributed by atoms with van der Waals surface area (Å²) in [6.45, 7) is 10.5. The largest absolute Gasteiger partial charge is 0.481 e. The maximum Gasteiger partial charge on any atom is 0.304 e. The van der Waals surface area contributed by atoms with E-state index in [9.17, 15) is 9.59 Å². The summed E-state index contributed by atoms with van der Waals surface area (Å²) < 4.78 is 0. The zero-order chi connectivity index (χ0) is 13.6. The second-order valence-corrected chi connectivity index (χ2v) is 5.19. The van der Waals surface area contributed by atoms with E-state index in [1.807, 2.05) is 32.6 Å². The molecular weight excluding hydrogens is 220 g/mol. The predicted octanol–water partition coefficient (Wildman–Crippen LogP) is 1.09. The molecule has 0 saturated heterocycles. The van der Waals surface area contributed by atoms with E-state index in [4.69, 9.17) is 5.11 Å². The highest BCUT2D eigenvalue weighted by molar-refractivity contribution is 5.82. The first kappa shape index (κ1) is 15.9. The van der Waals surface area contributed by atoms with Gasteiger partial charge in [-0.2, -0.15) is 0 Å². The van der Waals surface area contributed by atoms with Gasteiger partial charge in [0.15, 0.2) is 0 Å². The molecule has 0 aromatic heterocycles. The van der Waals surface area contributed by atoms with E-state index in [1.165, 1.54) is 0 Å². The number of hydrogen-bond acceptors (Lipinski definition) is 3. The Bertz CT molecular complexity index is 271. The molecule has 0 heterocycles. The Morgan fingerprint density at radius 1 is 1.35 bits per heavy atom. The number of carboxylic acids is 1. The molecule has 0 rings (SSSR count). The number of hydrogen-bond donors (Lipinski definition) is 2. The van der Waals surface area contributed by atoms with Crippen LogP contribution in [0.25, 0.3) is 0 Å². The molecule has 0 aliphatic rings.